The van der Waals surface area contributed by atoms with Crippen LogP contribution in [0.3, 0.4) is 0 Å². The monoisotopic (exact) mass is 455 g/mol. The summed E-state index contributed by atoms with van der Waals surface area (Å²) in [7, 11) is 2.05. The van der Waals surface area contributed by atoms with Crippen LogP contribution >= 0.6 is 23.4 Å². The number of hydrogen-bond acceptors (Lipinski definition) is 5. The first kappa shape index (κ1) is 22.9. The highest BCUT2D eigenvalue weighted by Gasteiger charge is 2.15. The van der Waals surface area contributed by atoms with Crippen molar-refractivity contribution in [2.45, 2.75) is 18.1 Å². The summed E-state index contributed by atoms with van der Waals surface area (Å²) >= 11 is 7.35. The fourth-order valence-electron chi connectivity index (χ4n) is 3.04. The van der Waals surface area contributed by atoms with Crippen molar-refractivity contribution in [3.63, 3.8) is 0 Å². The minimum absolute atomic E-state index is 0.0199. The molecule has 0 radical (unpaired) electrons. The molecule has 0 aliphatic rings. The number of aromatic nitrogens is 3. The summed E-state index contributed by atoms with van der Waals surface area (Å²) in [6.45, 7) is 5.87. The van der Waals surface area contributed by atoms with Gasteiger partial charge in [0.25, 0.3) is 0 Å². The van der Waals surface area contributed by atoms with Gasteiger partial charge < -0.3 is 10.2 Å². The molecular weight excluding hydrogens is 430 g/mol. The summed E-state index contributed by atoms with van der Waals surface area (Å²) in [5, 5.41) is 12.9. The van der Waals surface area contributed by atoms with Crippen LogP contribution in [0.5, 0.6) is 0 Å². The zero-order valence-corrected chi connectivity index (χ0v) is 19.1. The van der Waals surface area contributed by atoms with Crippen molar-refractivity contribution >= 4 is 35.0 Å². The van der Waals surface area contributed by atoms with Gasteiger partial charge in [-0.05, 0) is 42.8 Å². The molecule has 1 heterocycles. The summed E-state index contributed by atoms with van der Waals surface area (Å²) < 4.78 is 1.95. The van der Waals surface area contributed by atoms with Crippen molar-refractivity contribution in [3.8, 4) is 11.4 Å². The van der Waals surface area contributed by atoms with Crippen molar-refractivity contribution in [3.05, 3.63) is 72.3 Å². The molecule has 1 amide bonds. The number of nitrogens with one attached hydrogen (secondary N) is 1. The molecular formula is C23H26ClN5OS. The van der Waals surface area contributed by atoms with E-state index in [2.05, 4.69) is 46.2 Å². The Morgan fingerprint density at radius 1 is 1.19 bits per heavy atom. The molecule has 31 heavy (non-hydrogen) atoms. The second-order valence-electron chi connectivity index (χ2n) is 6.96. The van der Waals surface area contributed by atoms with Crippen molar-refractivity contribution in [2.75, 3.05) is 30.8 Å². The quantitative estimate of drug-likeness (QED) is 0.261. The lowest BCUT2D eigenvalue weighted by molar-refractivity contribution is -0.118. The lowest BCUT2D eigenvalue weighted by Crippen LogP contribution is -2.29. The average Bonchev–Trinajstić information content (AvgIpc) is 3.19. The number of halogens is 1. The Morgan fingerprint density at radius 3 is 2.65 bits per heavy atom. The minimum Gasteiger partial charge on any atom is -0.375 e. The summed E-state index contributed by atoms with van der Waals surface area (Å²) in [5.74, 6) is 0.988. The van der Waals surface area contributed by atoms with Crippen LogP contribution in [0.4, 0.5) is 5.69 Å². The van der Waals surface area contributed by atoms with Crippen molar-refractivity contribution in [1.82, 2.24) is 20.1 Å². The molecule has 0 fully saturated rings. The van der Waals surface area contributed by atoms with E-state index >= 15 is 0 Å². The van der Waals surface area contributed by atoms with Gasteiger partial charge >= 0.3 is 0 Å². The van der Waals surface area contributed by atoms with E-state index in [1.54, 1.807) is 6.08 Å². The van der Waals surface area contributed by atoms with Gasteiger partial charge in [0.2, 0.25) is 5.91 Å². The van der Waals surface area contributed by atoms with E-state index < -0.39 is 0 Å². The highest BCUT2D eigenvalue weighted by molar-refractivity contribution is 7.99. The van der Waals surface area contributed by atoms with E-state index in [0.717, 1.165) is 24.4 Å². The molecule has 0 bridgehead atoms. The molecule has 0 atom stereocenters. The molecule has 0 unspecified atom stereocenters. The van der Waals surface area contributed by atoms with Crippen LogP contribution in [-0.2, 0) is 11.3 Å². The van der Waals surface area contributed by atoms with Gasteiger partial charge in [-0.25, -0.2) is 0 Å². The maximum Gasteiger partial charge on any atom is 0.230 e. The Balaban J connectivity index is 1.48. The van der Waals surface area contributed by atoms with Gasteiger partial charge in [-0.15, -0.1) is 16.8 Å². The van der Waals surface area contributed by atoms with Gasteiger partial charge in [0, 0.05) is 43.0 Å². The molecule has 8 heteroatoms. The highest BCUT2D eigenvalue weighted by Crippen LogP contribution is 2.25. The van der Waals surface area contributed by atoms with E-state index in [1.807, 2.05) is 47.0 Å². The van der Waals surface area contributed by atoms with Gasteiger partial charge in [0.15, 0.2) is 11.0 Å². The first-order chi connectivity index (χ1) is 15.1. The van der Waals surface area contributed by atoms with E-state index in [4.69, 9.17) is 11.6 Å². The number of allylic oxidation sites excluding steroid dienone is 1. The fourth-order valence-corrected chi connectivity index (χ4v) is 3.94. The number of para-hydroxylation sites is 1. The first-order valence-corrected chi connectivity index (χ1v) is 11.4. The van der Waals surface area contributed by atoms with Gasteiger partial charge in [0.05, 0.1) is 5.75 Å². The Hall–Kier alpha value is -2.77. The molecule has 1 aromatic heterocycles. The SMILES string of the molecule is C=CCn1c(SCC(=O)NCCCN(C)c2ccccc2)nnc1-c1ccc(Cl)cc1. The summed E-state index contributed by atoms with van der Waals surface area (Å²) in [6, 6.07) is 17.6. The molecule has 3 aromatic rings. The Morgan fingerprint density at radius 2 is 1.94 bits per heavy atom. The summed E-state index contributed by atoms with van der Waals surface area (Å²) in [5.41, 5.74) is 2.08. The third kappa shape index (κ3) is 6.60. The van der Waals surface area contributed by atoms with Crippen molar-refractivity contribution in [2.24, 2.45) is 0 Å². The van der Waals surface area contributed by atoms with Crippen LogP contribution < -0.4 is 10.2 Å². The molecule has 0 saturated heterocycles. The Bertz CT molecular complexity index is 991. The maximum absolute atomic E-state index is 12.3. The average molecular weight is 456 g/mol. The number of carbonyl (C=O) groups is 1. The first-order valence-electron chi connectivity index (χ1n) is 10.0. The second kappa shape index (κ2) is 11.6. The molecule has 6 nitrogen and oxygen atoms in total. The zero-order valence-electron chi connectivity index (χ0n) is 17.5. The number of amides is 1. The van der Waals surface area contributed by atoms with Crippen LogP contribution in [0.25, 0.3) is 11.4 Å². The van der Waals surface area contributed by atoms with E-state index in [1.165, 1.54) is 17.4 Å². The molecule has 0 aliphatic carbocycles. The number of benzene rings is 2. The zero-order chi connectivity index (χ0) is 22.1. The lowest BCUT2D eigenvalue weighted by atomic mass is 10.2. The van der Waals surface area contributed by atoms with E-state index in [9.17, 15) is 4.79 Å². The van der Waals surface area contributed by atoms with Crippen LogP contribution in [0.15, 0.2) is 72.4 Å². The van der Waals surface area contributed by atoms with E-state index in [0.29, 0.717) is 23.3 Å². The van der Waals surface area contributed by atoms with Crippen molar-refractivity contribution < 1.29 is 4.79 Å². The fraction of sp³-hybridized carbons (Fsp3) is 0.261. The predicted octanol–water partition coefficient (Wildman–Crippen LogP) is 4.52. The Kier molecular flexibility index (Phi) is 8.55. The van der Waals surface area contributed by atoms with Gasteiger partial charge in [0.1, 0.15) is 0 Å². The molecule has 0 aliphatic heterocycles. The molecule has 1 N–H and O–H groups in total. The predicted molar refractivity (Wildman–Crippen MR) is 129 cm³/mol. The Labute approximate surface area is 192 Å². The highest BCUT2D eigenvalue weighted by atomic mass is 35.5. The van der Waals surface area contributed by atoms with Gasteiger partial charge in [-0.2, -0.15) is 0 Å². The van der Waals surface area contributed by atoms with Crippen LogP contribution in [0.2, 0.25) is 5.02 Å². The number of carbonyl (C=O) groups excluding carboxylic acids is 1. The largest absolute Gasteiger partial charge is 0.375 e. The summed E-state index contributed by atoms with van der Waals surface area (Å²) in [4.78, 5) is 14.5. The number of anilines is 1. The molecule has 2 aromatic carbocycles. The standard InChI is InChI=1S/C23H26ClN5OS/c1-3-15-29-22(18-10-12-19(24)13-11-18)26-27-23(29)31-17-21(30)25-14-7-16-28(2)20-8-5-4-6-9-20/h3-6,8-13H,1,7,14-17H2,2H3,(H,25,30). The molecule has 0 spiro atoms. The van der Waals surface area contributed by atoms with Crippen LogP contribution in [-0.4, -0.2) is 46.6 Å². The normalized spacial score (nSPS) is 10.6. The molecule has 162 valence electrons. The second-order valence-corrected chi connectivity index (χ2v) is 8.34. The van der Waals surface area contributed by atoms with Gasteiger partial charge in [-0.3, -0.25) is 9.36 Å². The smallest absolute Gasteiger partial charge is 0.230 e. The minimum atomic E-state index is -0.0199. The number of hydrogen-bond donors (Lipinski definition) is 1. The third-order valence-electron chi connectivity index (χ3n) is 4.65. The van der Waals surface area contributed by atoms with E-state index in [-0.39, 0.29) is 11.7 Å². The number of nitrogens with zero attached hydrogens (tertiary/aromatic N) is 4. The molecule has 3 rings (SSSR count). The number of thioether (sulfide) groups is 1. The van der Waals surface area contributed by atoms with Crippen LogP contribution in [0, 0.1) is 0 Å². The topological polar surface area (TPSA) is 63.1 Å². The maximum atomic E-state index is 12.3. The summed E-state index contributed by atoms with van der Waals surface area (Å²) in [6.07, 6.45) is 2.66. The lowest BCUT2D eigenvalue weighted by Gasteiger charge is -2.19. The number of rotatable bonds is 11. The van der Waals surface area contributed by atoms with Gasteiger partial charge in [-0.1, -0.05) is 47.6 Å². The van der Waals surface area contributed by atoms with Crippen LogP contribution in [0.1, 0.15) is 6.42 Å². The third-order valence-corrected chi connectivity index (χ3v) is 5.87. The molecule has 0 saturated carbocycles. The van der Waals surface area contributed by atoms with Crippen molar-refractivity contribution in [1.29, 1.82) is 0 Å².